The van der Waals surface area contributed by atoms with E-state index < -0.39 is 5.60 Å². The molecule has 0 bridgehead atoms. The van der Waals surface area contributed by atoms with Crippen molar-refractivity contribution in [1.29, 1.82) is 0 Å². The van der Waals surface area contributed by atoms with Gasteiger partial charge >= 0.3 is 6.03 Å². The van der Waals surface area contributed by atoms with Gasteiger partial charge in [0.1, 0.15) is 5.82 Å². The zero-order chi connectivity index (χ0) is 15.5. The van der Waals surface area contributed by atoms with Crippen molar-refractivity contribution in [2.24, 2.45) is 0 Å². The monoisotopic (exact) mass is 288 g/mol. The Morgan fingerprint density at radius 3 is 2.71 bits per heavy atom. The number of nitrogens with zero attached hydrogens (tertiary/aromatic N) is 2. The molecule has 0 aliphatic carbocycles. The van der Waals surface area contributed by atoms with Crippen molar-refractivity contribution in [1.82, 2.24) is 15.1 Å². The van der Waals surface area contributed by atoms with Gasteiger partial charge in [0.2, 0.25) is 0 Å². The number of aryl methyl sites for hydroxylation is 1. The first-order chi connectivity index (χ1) is 9.87. The van der Waals surface area contributed by atoms with Gasteiger partial charge in [0.15, 0.2) is 0 Å². The summed E-state index contributed by atoms with van der Waals surface area (Å²) in [6, 6.07) is 9.12. The van der Waals surface area contributed by atoms with Gasteiger partial charge in [0.05, 0.1) is 17.5 Å². The molecule has 21 heavy (non-hydrogen) atoms. The number of para-hydroxylation sites is 1. The van der Waals surface area contributed by atoms with Crippen LogP contribution in [0.5, 0.6) is 0 Å². The molecule has 0 atom stereocenters. The summed E-state index contributed by atoms with van der Waals surface area (Å²) in [5.41, 5.74) is 1.01. The number of urea groups is 1. The first kappa shape index (κ1) is 15.1. The molecule has 0 radical (unpaired) electrons. The maximum Gasteiger partial charge on any atom is 0.320 e. The molecule has 0 aliphatic rings. The Kier molecular flexibility index (Phi) is 4.28. The SMILES string of the molecule is Cc1ccccc1-n1nccc1NC(=O)NCC(C)(C)O. The molecule has 0 fully saturated rings. The highest BCUT2D eigenvalue weighted by atomic mass is 16.3. The molecule has 0 saturated carbocycles. The van der Waals surface area contributed by atoms with Crippen molar-refractivity contribution in [3.63, 3.8) is 0 Å². The van der Waals surface area contributed by atoms with Gasteiger partial charge < -0.3 is 10.4 Å². The summed E-state index contributed by atoms with van der Waals surface area (Å²) in [5, 5.41) is 19.2. The second kappa shape index (κ2) is 5.97. The molecule has 1 aromatic heterocycles. The Morgan fingerprint density at radius 1 is 1.33 bits per heavy atom. The summed E-state index contributed by atoms with van der Waals surface area (Å²) in [6.07, 6.45) is 1.62. The molecule has 6 nitrogen and oxygen atoms in total. The maximum atomic E-state index is 11.9. The van der Waals surface area contributed by atoms with E-state index in [2.05, 4.69) is 15.7 Å². The van der Waals surface area contributed by atoms with Crippen molar-refractivity contribution >= 4 is 11.8 Å². The molecule has 6 heteroatoms. The molecule has 0 spiro atoms. The summed E-state index contributed by atoms with van der Waals surface area (Å²) in [7, 11) is 0. The zero-order valence-electron chi connectivity index (χ0n) is 12.4. The van der Waals surface area contributed by atoms with Crippen LogP contribution in [-0.4, -0.2) is 33.1 Å². The van der Waals surface area contributed by atoms with Crippen LogP contribution in [0.25, 0.3) is 5.69 Å². The Bertz CT molecular complexity index is 629. The number of hydrogen-bond acceptors (Lipinski definition) is 3. The predicted octanol–water partition coefficient (Wildman–Crippen LogP) is 2.07. The first-order valence-corrected chi connectivity index (χ1v) is 6.74. The number of rotatable bonds is 4. The number of anilines is 1. The molecule has 1 heterocycles. The Morgan fingerprint density at radius 2 is 2.05 bits per heavy atom. The van der Waals surface area contributed by atoms with Crippen LogP contribution >= 0.6 is 0 Å². The molecule has 3 N–H and O–H groups in total. The number of benzene rings is 1. The Balaban J connectivity index is 2.11. The fraction of sp³-hybridized carbons (Fsp3) is 0.333. The zero-order valence-corrected chi connectivity index (χ0v) is 12.4. The molecule has 2 aromatic rings. The van der Waals surface area contributed by atoms with E-state index in [1.165, 1.54) is 0 Å². The lowest BCUT2D eigenvalue weighted by Gasteiger charge is -2.18. The summed E-state index contributed by atoms with van der Waals surface area (Å²) >= 11 is 0. The number of hydrogen-bond donors (Lipinski definition) is 3. The van der Waals surface area contributed by atoms with Crippen LogP contribution in [0.2, 0.25) is 0 Å². The van der Waals surface area contributed by atoms with E-state index in [1.807, 2.05) is 31.2 Å². The summed E-state index contributed by atoms with van der Waals surface area (Å²) in [6.45, 7) is 5.40. The molecule has 0 saturated heterocycles. The van der Waals surface area contributed by atoms with Crippen LogP contribution in [0, 0.1) is 6.92 Å². The van der Waals surface area contributed by atoms with E-state index in [0.717, 1.165) is 11.3 Å². The first-order valence-electron chi connectivity index (χ1n) is 6.74. The number of aromatic nitrogens is 2. The number of carbonyl (C=O) groups excluding carboxylic acids is 1. The fourth-order valence-electron chi connectivity index (χ4n) is 1.85. The minimum absolute atomic E-state index is 0.164. The predicted molar refractivity (Wildman–Crippen MR) is 81.6 cm³/mol. The van der Waals surface area contributed by atoms with Gasteiger partial charge in [-0.15, -0.1) is 0 Å². The third kappa shape index (κ3) is 4.06. The van der Waals surface area contributed by atoms with Gasteiger partial charge in [-0.3, -0.25) is 5.32 Å². The number of carbonyl (C=O) groups is 1. The van der Waals surface area contributed by atoms with Crippen molar-refractivity contribution in [2.75, 3.05) is 11.9 Å². The standard InChI is InChI=1S/C15H20N4O2/c1-11-6-4-5-7-12(11)19-13(8-9-17-19)18-14(20)16-10-15(2,3)21/h4-9,21H,10H2,1-3H3,(H2,16,18,20). The molecule has 1 aromatic carbocycles. The van der Waals surface area contributed by atoms with E-state index in [0.29, 0.717) is 5.82 Å². The number of amides is 2. The molecule has 2 rings (SSSR count). The lowest BCUT2D eigenvalue weighted by Crippen LogP contribution is -2.40. The highest BCUT2D eigenvalue weighted by Crippen LogP contribution is 2.18. The van der Waals surface area contributed by atoms with E-state index in [9.17, 15) is 9.90 Å². The summed E-state index contributed by atoms with van der Waals surface area (Å²) < 4.78 is 1.67. The average molecular weight is 288 g/mol. The Hall–Kier alpha value is -2.34. The van der Waals surface area contributed by atoms with Crippen molar-refractivity contribution in [2.45, 2.75) is 26.4 Å². The topological polar surface area (TPSA) is 79.2 Å². The average Bonchev–Trinajstić information content (AvgIpc) is 2.84. The van der Waals surface area contributed by atoms with Crippen molar-refractivity contribution in [3.05, 3.63) is 42.1 Å². The van der Waals surface area contributed by atoms with E-state index in [-0.39, 0.29) is 12.6 Å². The van der Waals surface area contributed by atoms with Gasteiger partial charge in [-0.05, 0) is 32.4 Å². The van der Waals surface area contributed by atoms with E-state index in [4.69, 9.17) is 0 Å². The third-order valence-electron chi connectivity index (χ3n) is 2.91. The summed E-state index contributed by atoms with van der Waals surface area (Å²) in [4.78, 5) is 11.9. The van der Waals surface area contributed by atoms with Gasteiger partial charge in [-0.2, -0.15) is 5.10 Å². The van der Waals surface area contributed by atoms with Gasteiger partial charge in [0, 0.05) is 12.6 Å². The highest BCUT2D eigenvalue weighted by molar-refractivity contribution is 5.88. The summed E-state index contributed by atoms with van der Waals surface area (Å²) in [5.74, 6) is 0.567. The van der Waals surface area contributed by atoms with Crippen LogP contribution in [0.1, 0.15) is 19.4 Å². The van der Waals surface area contributed by atoms with Crippen LogP contribution in [0.4, 0.5) is 10.6 Å². The molecule has 2 amide bonds. The smallest absolute Gasteiger partial charge is 0.320 e. The number of aliphatic hydroxyl groups is 1. The molecular weight excluding hydrogens is 268 g/mol. The molecule has 0 unspecified atom stereocenters. The quantitative estimate of drug-likeness (QED) is 0.806. The third-order valence-corrected chi connectivity index (χ3v) is 2.91. The molecular formula is C15H20N4O2. The highest BCUT2D eigenvalue weighted by Gasteiger charge is 2.15. The van der Waals surface area contributed by atoms with Gasteiger partial charge in [-0.25, -0.2) is 9.48 Å². The lowest BCUT2D eigenvalue weighted by molar-refractivity contribution is 0.0826. The minimum atomic E-state index is -0.951. The lowest BCUT2D eigenvalue weighted by atomic mass is 10.1. The van der Waals surface area contributed by atoms with Gasteiger partial charge in [0.25, 0.3) is 0 Å². The van der Waals surface area contributed by atoms with Crippen LogP contribution < -0.4 is 10.6 Å². The van der Waals surface area contributed by atoms with Crippen molar-refractivity contribution < 1.29 is 9.90 Å². The normalized spacial score (nSPS) is 11.2. The number of nitrogens with one attached hydrogen (secondary N) is 2. The maximum absolute atomic E-state index is 11.9. The van der Waals surface area contributed by atoms with Crippen molar-refractivity contribution in [3.8, 4) is 5.69 Å². The van der Waals surface area contributed by atoms with Crippen LogP contribution in [-0.2, 0) is 0 Å². The molecule has 0 aliphatic heterocycles. The Labute approximate surface area is 123 Å². The van der Waals surface area contributed by atoms with E-state index in [1.54, 1.807) is 30.8 Å². The fourth-order valence-corrected chi connectivity index (χ4v) is 1.85. The van der Waals surface area contributed by atoms with Gasteiger partial charge in [-0.1, -0.05) is 18.2 Å². The molecule has 112 valence electrons. The van der Waals surface area contributed by atoms with Crippen LogP contribution in [0.3, 0.4) is 0 Å². The second-order valence-electron chi connectivity index (χ2n) is 5.53. The van der Waals surface area contributed by atoms with Crippen LogP contribution in [0.15, 0.2) is 36.5 Å². The second-order valence-corrected chi connectivity index (χ2v) is 5.53. The minimum Gasteiger partial charge on any atom is -0.389 e. The largest absolute Gasteiger partial charge is 0.389 e. The van der Waals surface area contributed by atoms with E-state index >= 15 is 0 Å².